The molecule has 2 aromatic carbocycles. The first-order valence-corrected chi connectivity index (χ1v) is 6.88. The average molecular weight is 294 g/mol. The van der Waals surface area contributed by atoms with E-state index in [4.69, 9.17) is 11.6 Å². The van der Waals surface area contributed by atoms with Crippen molar-refractivity contribution in [1.29, 1.82) is 0 Å². The van der Waals surface area contributed by atoms with Gasteiger partial charge in [-0.05, 0) is 42.3 Å². The fourth-order valence-corrected chi connectivity index (χ4v) is 2.34. The zero-order chi connectivity index (χ0) is 14.6. The third-order valence-electron chi connectivity index (χ3n) is 3.48. The molecule has 0 saturated carbocycles. The Morgan fingerprint density at radius 1 is 1.20 bits per heavy atom. The molecule has 1 atom stereocenters. The van der Waals surface area contributed by atoms with Crippen LogP contribution in [0.3, 0.4) is 0 Å². The molecule has 2 N–H and O–H groups in total. The first kappa shape index (κ1) is 14.8. The van der Waals surface area contributed by atoms with Crippen LogP contribution in [0.1, 0.15) is 18.9 Å². The Kier molecular flexibility index (Phi) is 4.63. The molecule has 0 aromatic heterocycles. The highest BCUT2D eigenvalue weighted by Crippen LogP contribution is 2.30. The van der Waals surface area contributed by atoms with E-state index in [0.29, 0.717) is 17.1 Å². The predicted molar refractivity (Wildman–Crippen MR) is 80.5 cm³/mol. The number of rotatable bonds is 5. The molecule has 2 nitrogen and oxygen atoms in total. The third-order valence-corrected chi connectivity index (χ3v) is 3.73. The third kappa shape index (κ3) is 3.11. The lowest BCUT2D eigenvalue weighted by molar-refractivity contribution is 0.207. The van der Waals surface area contributed by atoms with Crippen LogP contribution in [-0.2, 0) is 5.54 Å². The quantitative estimate of drug-likeness (QED) is 0.866. The molecule has 4 heteroatoms. The van der Waals surface area contributed by atoms with E-state index >= 15 is 0 Å². The summed E-state index contributed by atoms with van der Waals surface area (Å²) in [6, 6.07) is 13.5. The van der Waals surface area contributed by atoms with Crippen LogP contribution in [0.5, 0.6) is 0 Å². The Bertz CT molecular complexity index is 567. The van der Waals surface area contributed by atoms with Gasteiger partial charge in [-0.1, -0.05) is 36.7 Å². The van der Waals surface area contributed by atoms with Gasteiger partial charge in [0.05, 0.1) is 12.1 Å². The summed E-state index contributed by atoms with van der Waals surface area (Å²) in [7, 11) is 0. The van der Waals surface area contributed by atoms with Gasteiger partial charge >= 0.3 is 0 Å². The van der Waals surface area contributed by atoms with E-state index in [1.807, 2.05) is 19.1 Å². The molecule has 0 radical (unpaired) electrons. The standard InChI is InChI=1S/C16H17ClFNO/c1-2-16(11-20,12-6-8-13(17)9-7-12)19-15-5-3-4-14(18)10-15/h3-10,19-20H,2,11H2,1H3. The van der Waals surface area contributed by atoms with Crippen LogP contribution in [0.15, 0.2) is 48.5 Å². The Hall–Kier alpha value is -1.58. The Morgan fingerprint density at radius 2 is 1.90 bits per heavy atom. The molecule has 0 amide bonds. The molecule has 2 aromatic rings. The first-order chi connectivity index (χ1) is 9.59. The van der Waals surface area contributed by atoms with Gasteiger partial charge in [-0.25, -0.2) is 4.39 Å². The lowest BCUT2D eigenvalue weighted by atomic mass is 9.87. The van der Waals surface area contributed by atoms with Gasteiger partial charge in [-0.3, -0.25) is 0 Å². The van der Waals surface area contributed by atoms with Crippen molar-refractivity contribution in [2.24, 2.45) is 0 Å². The Balaban J connectivity index is 2.36. The summed E-state index contributed by atoms with van der Waals surface area (Å²) in [6.07, 6.45) is 0.654. The molecule has 0 heterocycles. The van der Waals surface area contributed by atoms with Gasteiger partial charge in [0.25, 0.3) is 0 Å². The number of nitrogens with one attached hydrogen (secondary N) is 1. The maximum Gasteiger partial charge on any atom is 0.125 e. The number of anilines is 1. The topological polar surface area (TPSA) is 32.3 Å². The number of aliphatic hydroxyl groups is 1. The zero-order valence-corrected chi connectivity index (χ0v) is 12.0. The van der Waals surface area contributed by atoms with Crippen LogP contribution in [-0.4, -0.2) is 11.7 Å². The molecular weight excluding hydrogens is 277 g/mol. The SMILES string of the molecule is CCC(CO)(Nc1cccc(F)c1)c1ccc(Cl)cc1. The summed E-state index contributed by atoms with van der Waals surface area (Å²) in [6.45, 7) is 1.87. The maximum absolute atomic E-state index is 13.3. The van der Waals surface area contributed by atoms with Crippen molar-refractivity contribution in [2.45, 2.75) is 18.9 Å². The van der Waals surface area contributed by atoms with E-state index in [-0.39, 0.29) is 12.4 Å². The van der Waals surface area contributed by atoms with Crippen molar-refractivity contribution < 1.29 is 9.50 Å². The number of benzene rings is 2. The zero-order valence-electron chi connectivity index (χ0n) is 11.2. The maximum atomic E-state index is 13.3. The van der Waals surface area contributed by atoms with Gasteiger partial charge in [0.2, 0.25) is 0 Å². The second kappa shape index (κ2) is 6.25. The van der Waals surface area contributed by atoms with Gasteiger partial charge in [0, 0.05) is 10.7 Å². The molecule has 0 fully saturated rings. The average Bonchev–Trinajstić information content (AvgIpc) is 2.46. The molecule has 0 saturated heterocycles. The summed E-state index contributed by atoms with van der Waals surface area (Å²) >= 11 is 5.90. The molecule has 0 aliphatic rings. The lowest BCUT2D eigenvalue weighted by Crippen LogP contribution is -2.38. The van der Waals surface area contributed by atoms with Crippen molar-refractivity contribution >= 4 is 17.3 Å². The van der Waals surface area contributed by atoms with E-state index in [1.54, 1.807) is 24.3 Å². The number of hydrogen-bond donors (Lipinski definition) is 2. The fraction of sp³-hybridized carbons (Fsp3) is 0.250. The smallest absolute Gasteiger partial charge is 0.125 e. The van der Waals surface area contributed by atoms with Crippen LogP contribution in [0.4, 0.5) is 10.1 Å². The second-order valence-corrected chi connectivity index (χ2v) is 5.17. The van der Waals surface area contributed by atoms with Crippen molar-refractivity contribution in [1.82, 2.24) is 0 Å². The van der Waals surface area contributed by atoms with Crippen molar-refractivity contribution in [3.63, 3.8) is 0 Å². The Labute approximate surface area is 123 Å². The van der Waals surface area contributed by atoms with Crippen LogP contribution in [0, 0.1) is 5.82 Å². The number of aliphatic hydroxyl groups excluding tert-OH is 1. The van der Waals surface area contributed by atoms with Gasteiger partial charge in [-0.2, -0.15) is 0 Å². The molecule has 106 valence electrons. The Morgan fingerprint density at radius 3 is 2.45 bits per heavy atom. The predicted octanol–water partition coefficient (Wildman–Crippen LogP) is 4.19. The summed E-state index contributed by atoms with van der Waals surface area (Å²) in [5.41, 5.74) is 0.894. The van der Waals surface area contributed by atoms with Crippen LogP contribution in [0.25, 0.3) is 0 Å². The van der Waals surface area contributed by atoms with E-state index in [1.165, 1.54) is 12.1 Å². The molecule has 0 bridgehead atoms. The van der Waals surface area contributed by atoms with E-state index in [9.17, 15) is 9.50 Å². The van der Waals surface area contributed by atoms with Gasteiger partial charge in [-0.15, -0.1) is 0 Å². The highest BCUT2D eigenvalue weighted by molar-refractivity contribution is 6.30. The summed E-state index contributed by atoms with van der Waals surface area (Å²) < 4.78 is 13.3. The fourth-order valence-electron chi connectivity index (χ4n) is 2.22. The molecule has 2 rings (SSSR count). The van der Waals surface area contributed by atoms with Crippen LogP contribution >= 0.6 is 11.6 Å². The van der Waals surface area contributed by atoms with Crippen LogP contribution < -0.4 is 5.32 Å². The van der Waals surface area contributed by atoms with Gasteiger partial charge in [0.1, 0.15) is 5.82 Å². The van der Waals surface area contributed by atoms with Crippen molar-refractivity contribution in [3.8, 4) is 0 Å². The monoisotopic (exact) mass is 293 g/mol. The largest absolute Gasteiger partial charge is 0.394 e. The normalized spacial score (nSPS) is 13.8. The molecular formula is C16H17ClFNO. The molecule has 0 aliphatic carbocycles. The molecule has 0 aliphatic heterocycles. The summed E-state index contributed by atoms with van der Waals surface area (Å²) in [5.74, 6) is -0.311. The minimum Gasteiger partial charge on any atom is -0.394 e. The van der Waals surface area contributed by atoms with Crippen molar-refractivity contribution in [3.05, 3.63) is 64.9 Å². The number of hydrogen-bond acceptors (Lipinski definition) is 2. The highest BCUT2D eigenvalue weighted by atomic mass is 35.5. The van der Waals surface area contributed by atoms with E-state index in [2.05, 4.69) is 5.32 Å². The van der Waals surface area contributed by atoms with Gasteiger partial charge < -0.3 is 10.4 Å². The minimum atomic E-state index is -0.654. The molecule has 20 heavy (non-hydrogen) atoms. The number of halogens is 2. The molecule has 0 spiro atoms. The lowest BCUT2D eigenvalue weighted by Gasteiger charge is -2.33. The van der Waals surface area contributed by atoms with E-state index < -0.39 is 5.54 Å². The minimum absolute atomic E-state index is 0.0956. The van der Waals surface area contributed by atoms with Crippen molar-refractivity contribution in [2.75, 3.05) is 11.9 Å². The van der Waals surface area contributed by atoms with Gasteiger partial charge in [0.15, 0.2) is 0 Å². The summed E-state index contributed by atoms with van der Waals surface area (Å²) in [4.78, 5) is 0. The summed E-state index contributed by atoms with van der Waals surface area (Å²) in [5, 5.41) is 13.7. The molecule has 1 unspecified atom stereocenters. The van der Waals surface area contributed by atoms with E-state index in [0.717, 1.165) is 5.56 Å². The second-order valence-electron chi connectivity index (χ2n) is 4.74. The first-order valence-electron chi connectivity index (χ1n) is 6.50. The van der Waals surface area contributed by atoms with Crippen LogP contribution in [0.2, 0.25) is 5.02 Å². The highest BCUT2D eigenvalue weighted by Gasteiger charge is 2.29.